The number of benzene rings is 2. The lowest BCUT2D eigenvalue weighted by molar-refractivity contribution is -0.113. The molecule has 6 nitrogen and oxygen atoms in total. The zero-order valence-corrected chi connectivity index (χ0v) is 20.0. The Morgan fingerprint density at radius 1 is 1.19 bits per heavy atom. The number of nitrogens with zero attached hydrogens (tertiary/aromatic N) is 3. The van der Waals surface area contributed by atoms with Crippen molar-refractivity contribution in [3.8, 4) is 5.75 Å². The molecular formula is C23H27ClN4O2S. The lowest BCUT2D eigenvalue weighted by Crippen LogP contribution is -2.16. The van der Waals surface area contributed by atoms with Gasteiger partial charge in [0.2, 0.25) is 5.91 Å². The van der Waals surface area contributed by atoms with Gasteiger partial charge in [0.05, 0.1) is 5.75 Å². The minimum atomic E-state index is -0.300. The van der Waals surface area contributed by atoms with Crippen LogP contribution in [-0.2, 0) is 11.3 Å². The Balaban J connectivity index is 1.65. The summed E-state index contributed by atoms with van der Waals surface area (Å²) in [6, 6.07) is 11.4. The van der Waals surface area contributed by atoms with E-state index in [0.29, 0.717) is 22.5 Å². The monoisotopic (exact) mass is 458 g/mol. The van der Waals surface area contributed by atoms with Crippen molar-refractivity contribution in [3.05, 3.63) is 63.9 Å². The number of carbonyl (C=O) groups is 1. The first kappa shape index (κ1) is 23.2. The smallest absolute Gasteiger partial charge is 0.234 e. The molecule has 31 heavy (non-hydrogen) atoms. The topological polar surface area (TPSA) is 69.0 Å². The Labute approximate surface area is 192 Å². The number of ether oxygens (including phenoxy) is 1. The number of amides is 1. The molecule has 0 fully saturated rings. The van der Waals surface area contributed by atoms with Gasteiger partial charge < -0.3 is 14.6 Å². The summed E-state index contributed by atoms with van der Waals surface area (Å²) in [5, 5.41) is 13.0. The maximum absolute atomic E-state index is 12.5. The third kappa shape index (κ3) is 5.60. The highest BCUT2D eigenvalue weighted by Gasteiger charge is 2.20. The van der Waals surface area contributed by atoms with Crippen molar-refractivity contribution < 1.29 is 9.53 Å². The third-order valence-electron chi connectivity index (χ3n) is 5.08. The van der Waals surface area contributed by atoms with Crippen LogP contribution in [0.5, 0.6) is 5.75 Å². The highest BCUT2D eigenvalue weighted by molar-refractivity contribution is 7.99. The number of rotatable bonds is 8. The fraction of sp³-hybridized carbons (Fsp3) is 0.348. The van der Waals surface area contributed by atoms with Crippen LogP contribution in [-0.4, -0.2) is 26.4 Å². The molecule has 0 spiro atoms. The summed E-state index contributed by atoms with van der Waals surface area (Å²) in [7, 11) is 0. The van der Waals surface area contributed by atoms with Crippen molar-refractivity contribution in [3.63, 3.8) is 0 Å². The number of hydrogen-bond acceptors (Lipinski definition) is 5. The van der Waals surface area contributed by atoms with Gasteiger partial charge >= 0.3 is 0 Å². The molecule has 1 unspecified atom stereocenters. The van der Waals surface area contributed by atoms with Crippen LogP contribution in [0, 0.1) is 20.8 Å². The zero-order chi connectivity index (χ0) is 22.5. The number of thioether (sulfide) groups is 1. The molecule has 3 aromatic rings. The lowest BCUT2D eigenvalue weighted by Gasteiger charge is -2.16. The zero-order valence-electron chi connectivity index (χ0n) is 18.4. The van der Waals surface area contributed by atoms with Gasteiger partial charge in [-0.25, -0.2) is 0 Å². The van der Waals surface area contributed by atoms with Crippen LogP contribution in [0.4, 0.5) is 5.69 Å². The Kier molecular flexibility index (Phi) is 7.62. The molecule has 0 saturated carbocycles. The van der Waals surface area contributed by atoms with E-state index in [4.69, 9.17) is 16.3 Å². The van der Waals surface area contributed by atoms with Crippen LogP contribution in [0.25, 0.3) is 0 Å². The molecule has 1 N–H and O–H groups in total. The van der Waals surface area contributed by atoms with E-state index >= 15 is 0 Å². The molecule has 0 aliphatic heterocycles. The van der Waals surface area contributed by atoms with Crippen molar-refractivity contribution in [2.24, 2.45) is 0 Å². The summed E-state index contributed by atoms with van der Waals surface area (Å²) in [4.78, 5) is 12.5. The van der Waals surface area contributed by atoms with E-state index in [1.165, 1.54) is 11.8 Å². The molecule has 1 amide bonds. The van der Waals surface area contributed by atoms with Gasteiger partial charge in [-0.05, 0) is 75.6 Å². The second kappa shape index (κ2) is 10.2. The predicted octanol–water partition coefficient (Wildman–Crippen LogP) is 5.75. The van der Waals surface area contributed by atoms with Crippen molar-refractivity contribution in [1.82, 2.24) is 14.8 Å². The predicted molar refractivity (Wildman–Crippen MR) is 126 cm³/mol. The maximum atomic E-state index is 12.5. The van der Waals surface area contributed by atoms with Gasteiger partial charge in [-0.1, -0.05) is 35.5 Å². The Morgan fingerprint density at radius 3 is 2.68 bits per heavy atom. The Hall–Kier alpha value is -2.51. The van der Waals surface area contributed by atoms with E-state index in [9.17, 15) is 4.79 Å². The second-order valence-electron chi connectivity index (χ2n) is 7.34. The average molecular weight is 459 g/mol. The highest BCUT2D eigenvalue weighted by atomic mass is 35.5. The van der Waals surface area contributed by atoms with Crippen molar-refractivity contribution in [2.45, 2.75) is 52.4 Å². The van der Waals surface area contributed by atoms with E-state index in [2.05, 4.69) is 15.5 Å². The summed E-state index contributed by atoms with van der Waals surface area (Å²) in [6.07, 6.45) is -0.300. The number of anilines is 1. The van der Waals surface area contributed by atoms with Gasteiger partial charge in [-0.3, -0.25) is 4.79 Å². The second-order valence-corrected chi connectivity index (χ2v) is 8.69. The van der Waals surface area contributed by atoms with Crippen LogP contribution < -0.4 is 10.1 Å². The van der Waals surface area contributed by atoms with Crippen molar-refractivity contribution >= 4 is 35.0 Å². The molecule has 0 bridgehead atoms. The number of halogens is 1. The molecule has 0 saturated heterocycles. The Bertz CT molecular complexity index is 1080. The molecule has 8 heteroatoms. The van der Waals surface area contributed by atoms with E-state index in [1.807, 2.05) is 75.6 Å². The summed E-state index contributed by atoms with van der Waals surface area (Å²) in [5.74, 6) is 1.61. The average Bonchev–Trinajstić information content (AvgIpc) is 3.15. The van der Waals surface area contributed by atoms with Gasteiger partial charge in [-0.2, -0.15) is 0 Å². The van der Waals surface area contributed by atoms with Crippen LogP contribution in [0.1, 0.15) is 42.5 Å². The SMILES string of the molecule is CCn1c(SCC(=O)Nc2cccc(C)c2C)nnc1C(C)Oc1ccc(Cl)c(C)c1. The third-order valence-corrected chi connectivity index (χ3v) is 6.47. The summed E-state index contributed by atoms with van der Waals surface area (Å²) in [5.41, 5.74) is 4.01. The number of aromatic nitrogens is 3. The number of nitrogens with one attached hydrogen (secondary N) is 1. The van der Waals surface area contributed by atoms with Crippen molar-refractivity contribution in [1.29, 1.82) is 0 Å². The minimum Gasteiger partial charge on any atom is -0.483 e. The first-order valence-corrected chi connectivity index (χ1v) is 11.5. The molecule has 1 heterocycles. The highest BCUT2D eigenvalue weighted by Crippen LogP contribution is 2.27. The standard InChI is InChI=1S/C23H27ClN4O2S/c1-6-28-22(17(5)30-18-10-11-19(24)15(3)12-18)26-27-23(28)31-13-21(29)25-20-9-7-8-14(2)16(20)4/h7-12,17H,6,13H2,1-5H3,(H,25,29). The number of carbonyl (C=O) groups excluding carboxylic acids is 1. The van der Waals surface area contributed by atoms with E-state index in [-0.39, 0.29) is 17.8 Å². The molecule has 1 aromatic heterocycles. The van der Waals surface area contributed by atoms with Gasteiger partial charge in [0.15, 0.2) is 17.1 Å². The minimum absolute atomic E-state index is 0.0770. The van der Waals surface area contributed by atoms with Gasteiger partial charge in [0.25, 0.3) is 0 Å². The first-order chi connectivity index (χ1) is 14.8. The Morgan fingerprint density at radius 2 is 1.97 bits per heavy atom. The molecule has 3 rings (SSSR count). The van der Waals surface area contributed by atoms with Crippen molar-refractivity contribution in [2.75, 3.05) is 11.1 Å². The van der Waals surface area contributed by atoms with Crippen LogP contribution in [0.15, 0.2) is 41.6 Å². The van der Waals surface area contributed by atoms with Crippen LogP contribution in [0.3, 0.4) is 0 Å². The summed E-state index contributed by atoms with van der Waals surface area (Å²) in [6.45, 7) is 10.6. The number of aryl methyl sites for hydroxylation is 2. The van der Waals surface area contributed by atoms with Gasteiger partial charge in [-0.15, -0.1) is 10.2 Å². The van der Waals surface area contributed by atoms with E-state index < -0.39 is 0 Å². The molecule has 0 aliphatic carbocycles. The fourth-order valence-corrected chi connectivity index (χ4v) is 4.08. The van der Waals surface area contributed by atoms with E-state index in [0.717, 1.165) is 28.1 Å². The molecular weight excluding hydrogens is 432 g/mol. The van der Waals surface area contributed by atoms with Crippen LogP contribution >= 0.6 is 23.4 Å². The summed E-state index contributed by atoms with van der Waals surface area (Å²) >= 11 is 7.46. The summed E-state index contributed by atoms with van der Waals surface area (Å²) < 4.78 is 8.03. The molecule has 1 atom stereocenters. The molecule has 164 valence electrons. The van der Waals surface area contributed by atoms with Gasteiger partial charge in [0.1, 0.15) is 5.75 Å². The van der Waals surface area contributed by atoms with E-state index in [1.54, 1.807) is 0 Å². The first-order valence-electron chi connectivity index (χ1n) is 10.1. The molecule has 2 aromatic carbocycles. The van der Waals surface area contributed by atoms with Gasteiger partial charge in [0, 0.05) is 17.3 Å². The normalized spacial score (nSPS) is 11.9. The molecule has 0 aliphatic rings. The fourth-order valence-electron chi connectivity index (χ4n) is 3.15. The number of hydrogen-bond donors (Lipinski definition) is 1. The lowest BCUT2D eigenvalue weighted by atomic mass is 10.1. The largest absolute Gasteiger partial charge is 0.483 e. The maximum Gasteiger partial charge on any atom is 0.234 e. The molecule has 0 radical (unpaired) electrons. The quantitative estimate of drug-likeness (QED) is 0.435. The van der Waals surface area contributed by atoms with Crippen LogP contribution in [0.2, 0.25) is 5.02 Å².